The fourth-order valence-corrected chi connectivity index (χ4v) is 2.35. The highest BCUT2D eigenvalue weighted by molar-refractivity contribution is 5.92. The molecule has 4 heteroatoms. The van der Waals surface area contributed by atoms with Gasteiger partial charge in [0.2, 0.25) is 5.91 Å². The van der Waals surface area contributed by atoms with Gasteiger partial charge in [-0.25, -0.2) is 0 Å². The summed E-state index contributed by atoms with van der Waals surface area (Å²) in [7, 11) is 0. The molecule has 1 amide bonds. The zero-order valence-electron chi connectivity index (χ0n) is 14.2. The van der Waals surface area contributed by atoms with Crippen LogP contribution in [0.5, 0.6) is 5.75 Å². The first kappa shape index (κ1) is 17.8. The van der Waals surface area contributed by atoms with Gasteiger partial charge in [-0.1, -0.05) is 36.4 Å². The van der Waals surface area contributed by atoms with Crippen LogP contribution in [0.2, 0.25) is 0 Å². The Labute approximate surface area is 143 Å². The van der Waals surface area contributed by atoms with Crippen molar-refractivity contribution in [2.24, 2.45) is 0 Å². The van der Waals surface area contributed by atoms with Crippen LogP contribution in [0.3, 0.4) is 0 Å². The number of aromatic hydroxyl groups is 1. The Morgan fingerprint density at radius 1 is 1.17 bits per heavy atom. The largest absolute Gasteiger partial charge is 0.508 e. The predicted octanol–water partition coefficient (Wildman–Crippen LogP) is 3.50. The fourth-order valence-electron chi connectivity index (χ4n) is 2.35. The Balaban J connectivity index is 1.73. The number of hydrogen-bond acceptors (Lipinski definition) is 3. The molecule has 2 aromatic rings. The van der Waals surface area contributed by atoms with Gasteiger partial charge in [-0.05, 0) is 61.7 Å². The van der Waals surface area contributed by atoms with Crippen LogP contribution in [0.4, 0.5) is 5.69 Å². The van der Waals surface area contributed by atoms with Crippen molar-refractivity contribution in [2.75, 3.05) is 18.4 Å². The molecule has 0 saturated heterocycles. The molecule has 0 aliphatic rings. The number of benzene rings is 2. The third-order valence-electron chi connectivity index (χ3n) is 3.80. The number of amides is 1. The number of phenols is 1. The van der Waals surface area contributed by atoms with Crippen LogP contribution < -0.4 is 10.6 Å². The molecular weight excluding hydrogens is 300 g/mol. The molecule has 0 aliphatic carbocycles. The lowest BCUT2D eigenvalue weighted by Gasteiger charge is -2.08. The first-order valence-electron chi connectivity index (χ1n) is 8.00. The number of hydrogen-bond donors (Lipinski definition) is 3. The minimum atomic E-state index is -0.0695. The molecule has 0 aliphatic heterocycles. The molecule has 4 nitrogen and oxygen atoms in total. The molecule has 2 aromatic carbocycles. The van der Waals surface area contributed by atoms with Gasteiger partial charge >= 0.3 is 0 Å². The molecule has 0 radical (unpaired) electrons. The Kier molecular flexibility index (Phi) is 6.15. The number of nitrogens with one attached hydrogen (secondary N) is 2. The minimum Gasteiger partial charge on any atom is -0.508 e. The summed E-state index contributed by atoms with van der Waals surface area (Å²) in [6, 6.07) is 13.2. The highest BCUT2D eigenvalue weighted by Gasteiger charge is 2.03. The van der Waals surface area contributed by atoms with E-state index in [0.29, 0.717) is 12.3 Å². The van der Waals surface area contributed by atoms with Crippen molar-refractivity contribution in [2.45, 2.75) is 20.3 Å². The maximum absolute atomic E-state index is 11.9. The molecule has 0 fully saturated rings. The van der Waals surface area contributed by atoms with Crippen LogP contribution in [-0.4, -0.2) is 24.1 Å². The average Bonchev–Trinajstić information content (AvgIpc) is 2.55. The molecule has 0 spiro atoms. The zero-order valence-corrected chi connectivity index (χ0v) is 14.2. The molecule has 2 rings (SSSR count). The summed E-state index contributed by atoms with van der Waals surface area (Å²) in [6.07, 6.45) is 0.807. The first-order valence-corrected chi connectivity index (χ1v) is 8.00. The van der Waals surface area contributed by atoms with Crippen molar-refractivity contribution < 1.29 is 9.90 Å². The summed E-state index contributed by atoms with van der Waals surface area (Å²) < 4.78 is 0. The zero-order chi connectivity index (χ0) is 17.5. The lowest BCUT2D eigenvalue weighted by molar-refractivity contribution is -0.115. The molecule has 24 heavy (non-hydrogen) atoms. The van der Waals surface area contributed by atoms with Crippen molar-refractivity contribution in [1.82, 2.24) is 5.32 Å². The van der Waals surface area contributed by atoms with Gasteiger partial charge in [0.15, 0.2) is 0 Å². The summed E-state index contributed by atoms with van der Waals surface area (Å²) in [4.78, 5) is 11.9. The van der Waals surface area contributed by atoms with E-state index in [4.69, 9.17) is 0 Å². The fraction of sp³-hybridized carbons (Fsp3) is 0.250. The van der Waals surface area contributed by atoms with Gasteiger partial charge in [-0.2, -0.15) is 0 Å². The second-order valence-electron chi connectivity index (χ2n) is 5.95. The Morgan fingerprint density at radius 3 is 2.50 bits per heavy atom. The van der Waals surface area contributed by atoms with E-state index in [9.17, 15) is 9.90 Å². The van der Waals surface area contributed by atoms with Crippen LogP contribution in [0.25, 0.3) is 5.57 Å². The predicted molar refractivity (Wildman–Crippen MR) is 99.2 cm³/mol. The maximum atomic E-state index is 11.9. The number of phenolic OH excluding ortho intramolecular Hbond substituents is 1. The van der Waals surface area contributed by atoms with Crippen molar-refractivity contribution in [3.63, 3.8) is 0 Å². The number of carbonyl (C=O) groups excluding carboxylic acids is 1. The highest BCUT2D eigenvalue weighted by atomic mass is 16.3. The van der Waals surface area contributed by atoms with Gasteiger partial charge in [-0.15, -0.1) is 0 Å². The summed E-state index contributed by atoms with van der Waals surface area (Å²) in [5.74, 6) is 0.240. The Hall–Kier alpha value is -2.59. The number of carbonyl (C=O) groups is 1. The van der Waals surface area contributed by atoms with E-state index in [0.717, 1.165) is 34.4 Å². The number of aryl methyl sites for hydroxylation is 1. The van der Waals surface area contributed by atoms with Crippen molar-refractivity contribution in [3.05, 3.63) is 65.7 Å². The Bertz CT molecular complexity index is 721. The molecule has 0 unspecified atom stereocenters. The smallest absolute Gasteiger partial charge is 0.238 e. The van der Waals surface area contributed by atoms with E-state index in [-0.39, 0.29) is 12.5 Å². The summed E-state index contributed by atoms with van der Waals surface area (Å²) in [6.45, 7) is 8.68. The van der Waals surface area contributed by atoms with E-state index in [1.807, 2.05) is 50.2 Å². The van der Waals surface area contributed by atoms with Gasteiger partial charge < -0.3 is 15.7 Å². The third kappa shape index (κ3) is 5.25. The second kappa shape index (κ2) is 8.31. The van der Waals surface area contributed by atoms with E-state index >= 15 is 0 Å². The summed E-state index contributed by atoms with van der Waals surface area (Å²) in [5.41, 5.74) is 4.84. The van der Waals surface area contributed by atoms with Crippen molar-refractivity contribution in [3.8, 4) is 5.75 Å². The van der Waals surface area contributed by atoms with Gasteiger partial charge in [-0.3, -0.25) is 4.79 Å². The van der Waals surface area contributed by atoms with E-state index in [2.05, 4.69) is 17.2 Å². The van der Waals surface area contributed by atoms with E-state index in [1.54, 1.807) is 6.07 Å². The van der Waals surface area contributed by atoms with Gasteiger partial charge in [0.05, 0.1) is 6.54 Å². The van der Waals surface area contributed by atoms with Crippen LogP contribution in [0.15, 0.2) is 49.0 Å². The van der Waals surface area contributed by atoms with Gasteiger partial charge in [0, 0.05) is 5.69 Å². The molecule has 0 heterocycles. The SMILES string of the molecule is C=C(C)c1ccc(NC(=O)CNCCc2ccc(O)c(C)c2)cc1. The van der Waals surface area contributed by atoms with Gasteiger partial charge in [0.1, 0.15) is 5.75 Å². The molecular formula is C20H24N2O2. The summed E-state index contributed by atoms with van der Waals surface area (Å²) >= 11 is 0. The molecule has 0 aromatic heterocycles. The van der Waals surface area contributed by atoms with Crippen LogP contribution in [0, 0.1) is 6.92 Å². The van der Waals surface area contributed by atoms with Crippen molar-refractivity contribution in [1.29, 1.82) is 0 Å². The average molecular weight is 324 g/mol. The van der Waals surface area contributed by atoms with Crippen LogP contribution in [-0.2, 0) is 11.2 Å². The van der Waals surface area contributed by atoms with Crippen LogP contribution >= 0.6 is 0 Å². The first-order chi connectivity index (χ1) is 11.5. The number of allylic oxidation sites excluding steroid dienone is 1. The maximum Gasteiger partial charge on any atom is 0.238 e. The number of rotatable bonds is 7. The van der Waals surface area contributed by atoms with Crippen LogP contribution in [0.1, 0.15) is 23.6 Å². The topological polar surface area (TPSA) is 61.4 Å². The lowest BCUT2D eigenvalue weighted by Crippen LogP contribution is -2.29. The molecule has 0 bridgehead atoms. The minimum absolute atomic E-state index is 0.0695. The summed E-state index contributed by atoms with van der Waals surface area (Å²) in [5, 5.41) is 15.5. The highest BCUT2D eigenvalue weighted by Crippen LogP contribution is 2.17. The molecule has 126 valence electrons. The van der Waals surface area contributed by atoms with E-state index in [1.165, 1.54) is 0 Å². The standard InChI is InChI=1S/C20H24N2O2/c1-14(2)17-5-7-18(8-6-17)22-20(24)13-21-11-10-16-4-9-19(23)15(3)12-16/h4-9,12,21,23H,1,10-11,13H2,2-3H3,(H,22,24). The third-order valence-corrected chi connectivity index (χ3v) is 3.80. The molecule has 0 saturated carbocycles. The normalized spacial score (nSPS) is 10.4. The van der Waals surface area contributed by atoms with Gasteiger partial charge in [0.25, 0.3) is 0 Å². The molecule has 3 N–H and O–H groups in total. The number of anilines is 1. The van der Waals surface area contributed by atoms with E-state index < -0.39 is 0 Å². The quantitative estimate of drug-likeness (QED) is 0.683. The second-order valence-corrected chi connectivity index (χ2v) is 5.95. The monoisotopic (exact) mass is 324 g/mol. The molecule has 0 atom stereocenters. The van der Waals surface area contributed by atoms with Crippen molar-refractivity contribution >= 4 is 17.2 Å². The lowest BCUT2D eigenvalue weighted by atomic mass is 10.1. The Morgan fingerprint density at radius 2 is 1.88 bits per heavy atom.